The van der Waals surface area contributed by atoms with E-state index in [4.69, 9.17) is 4.74 Å². The first-order chi connectivity index (χ1) is 7.97. The van der Waals surface area contributed by atoms with E-state index in [1.54, 1.807) is 12.3 Å². The lowest BCUT2D eigenvalue weighted by Gasteiger charge is -2.25. The van der Waals surface area contributed by atoms with Gasteiger partial charge in [0.15, 0.2) is 0 Å². The molecule has 0 bridgehead atoms. The van der Waals surface area contributed by atoms with Gasteiger partial charge in [0, 0.05) is 16.7 Å². The zero-order valence-corrected chi connectivity index (χ0v) is 12.3. The summed E-state index contributed by atoms with van der Waals surface area (Å²) < 4.78 is 28.1. The maximum absolute atomic E-state index is 11.3. The number of halogens is 1. The molecule has 1 heterocycles. The van der Waals surface area contributed by atoms with E-state index in [1.807, 2.05) is 20.8 Å². The van der Waals surface area contributed by atoms with Crippen molar-refractivity contribution in [1.82, 2.24) is 4.98 Å². The summed E-state index contributed by atoms with van der Waals surface area (Å²) in [6.45, 7) is 5.93. The maximum atomic E-state index is 11.3. The molecule has 17 heavy (non-hydrogen) atoms. The van der Waals surface area contributed by atoms with Crippen LogP contribution in [-0.4, -0.2) is 26.4 Å². The SMILES string of the molecule is CCOc1ncc(Br)cc1N(C(C)C)S(=O)O. The highest BCUT2D eigenvalue weighted by Crippen LogP contribution is 2.31. The van der Waals surface area contributed by atoms with Crippen molar-refractivity contribution in [3.8, 4) is 5.88 Å². The predicted octanol–water partition coefficient (Wildman–Crippen LogP) is 2.59. The zero-order valence-electron chi connectivity index (χ0n) is 9.88. The number of hydrogen-bond acceptors (Lipinski definition) is 3. The Labute approximate surface area is 112 Å². The van der Waals surface area contributed by atoms with Gasteiger partial charge in [0.25, 0.3) is 11.3 Å². The van der Waals surface area contributed by atoms with Crippen molar-refractivity contribution in [2.24, 2.45) is 0 Å². The van der Waals surface area contributed by atoms with Crippen LogP contribution in [0.5, 0.6) is 5.88 Å². The Morgan fingerprint density at radius 2 is 2.29 bits per heavy atom. The van der Waals surface area contributed by atoms with Gasteiger partial charge in [-0.25, -0.2) is 9.19 Å². The number of anilines is 1. The molecule has 0 amide bonds. The molecule has 0 fully saturated rings. The summed E-state index contributed by atoms with van der Waals surface area (Å²) in [6, 6.07) is 1.57. The van der Waals surface area contributed by atoms with Crippen molar-refractivity contribution in [2.45, 2.75) is 26.8 Å². The van der Waals surface area contributed by atoms with Crippen molar-refractivity contribution < 1.29 is 13.5 Å². The van der Waals surface area contributed by atoms with Gasteiger partial charge in [0.05, 0.1) is 6.61 Å². The van der Waals surface area contributed by atoms with E-state index in [2.05, 4.69) is 20.9 Å². The van der Waals surface area contributed by atoms with Crippen molar-refractivity contribution in [3.05, 3.63) is 16.7 Å². The summed E-state index contributed by atoms with van der Waals surface area (Å²) in [4.78, 5) is 4.10. The molecule has 1 aromatic heterocycles. The van der Waals surface area contributed by atoms with E-state index in [0.717, 1.165) is 4.47 Å². The third-order valence-corrected chi connectivity index (χ3v) is 3.34. The van der Waals surface area contributed by atoms with Crippen LogP contribution in [0, 0.1) is 0 Å². The second-order valence-electron chi connectivity index (χ2n) is 3.56. The maximum Gasteiger partial charge on any atom is 0.262 e. The quantitative estimate of drug-likeness (QED) is 0.846. The molecule has 0 aliphatic heterocycles. The monoisotopic (exact) mass is 322 g/mol. The zero-order chi connectivity index (χ0) is 13.0. The van der Waals surface area contributed by atoms with Gasteiger partial charge in [-0.05, 0) is 42.8 Å². The molecule has 1 atom stereocenters. The minimum Gasteiger partial charge on any atom is -0.476 e. The van der Waals surface area contributed by atoms with E-state index in [9.17, 15) is 8.76 Å². The van der Waals surface area contributed by atoms with E-state index in [1.165, 1.54) is 4.31 Å². The lowest BCUT2D eigenvalue weighted by atomic mass is 10.3. The Balaban J connectivity index is 3.24. The molecule has 0 radical (unpaired) electrons. The minimum atomic E-state index is -2.11. The lowest BCUT2D eigenvalue weighted by molar-refractivity contribution is 0.327. The molecule has 1 rings (SSSR count). The highest BCUT2D eigenvalue weighted by atomic mass is 79.9. The molecule has 1 unspecified atom stereocenters. The molecule has 7 heteroatoms. The number of hydrogen-bond donors (Lipinski definition) is 1. The highest BCUT2D eigenvalue weighted by Gasteiger charge is 2.21. The molecular weight excluding hydrogens is 308 g/mol. The molecule has 0 aliphatic carbocycles. The van der Waals surface area contributed by atoms with Gasteiger partial charge < -0.3 is 4.74 Å². The smallest absolute Gasteiger partial charge is 0.262 e. The molecule has 0 aliphatic rings. The molecule has 0 aromatic carbocycles. The number of aromatic nitrogens is 1. The van der Waals surface area contributed by atoms with Crippen LogP contribution >= 0.6 is 15.9 Å². The van der Waals surface area contributed by atoms with Crippen LogP contribution in [0.25, 0.3) is 0 Å². The third kappa shape index (κ3) is 3.65. The van der Waals surface area contributed by atoms with Crippen LogP contribution in [0.4, 0.5) is 5.69 Å². The second kappa shape index (κ2) is 6.32. The van der Waals surface area contributed by atoms with Crippen LogP contribution in [0.15, 0.2) is 16.7 Å². The van der Waals surface area contributed by atoms with Gasteiger partial charge in [0.1, 0.15) is 5.69 Å². The fourth-order valence-corrected chi connectivity index (χ4v) is 2.34. The molecule has 0 saturated carbocycles. The summed E-state index contributed by atoms with van der Waals surface area (Å²) in [7, 11) is 0. The molecule has 96 valence electrons. The Kier molecular flexibility index (Phi) is 5.35. The average molecular weight is 323 g/mol. The van der Waals surface area contributed by atoms with Gasteiger partial charge in [-0.2, -0.15) is 0 Å². The number of ether oxygens (including phenoxy) is 1. The first kappa shape index (κ1) is 14.4. The number of rotatable bonds is 5. The molecule has 0 saturated heterocycles. The van der Waals surface area contributed by atoms with Crippen LogP contribution in [0.1, 0.15) is 20.8 Å². The van der Waals surface area contributed by atoms with E-state index in [-0.39, 0.29) is 6.04 Å². The van der Waals surface area contributed by atoms with Crippen LogP contribution in [0.2, 0.25) is 0 Å². The Bertz CT molecular complexity index is 415. The molecular formula is C10H15BrN2O3S. The number of nitrogens with zero attached hydrogens (tertiary/aromatic N) is 2. The lowest BCUT2D eigenvalue weighted by Crippen LogP contribution is -2.32. The fourth-order valence-electron chi connectivity index (χ4n) is 1.36. The van der Waals surface area contributed by atoms with Gasteiger partial charge in [0.2, 0.25) is 5.88 Å². The predicted molar refractivity (Wildman–Crippen MR) is 71.5 cm³/mol. The minimum absolute atomic E-state index is 0.142. The third-order valence-electron chi connectivity index (χ3n) is 1.95. The largest absolute Gasteiger partial charge is 0.476 e. The van der Waals surface area contributed by atoms with Gasteiger partial charge in [-0.3, -0.25) is 8.86 Å². The molecule has 0 spiro atoms. The van der Waals surface area contributed by atoms with E-state index in [0.29, 0.717) is 18.2 Å². The Morgan fingerprint density at radius 3 is 2.76 bits per heavy atom. The normalized spacial score (nSPS) is 12.6. The second-order valence-corrected chi connectivity index (χ2v) is 5.33. The fraction of sp³-hybridized carbons (Fsp3) is 0.500. The van der Waals surface area contributed by atoms with Gasteiger partial charge in [-0.1, -0.05) is 0 Å². The summed E-state index contributed by atoms with van der Waals surface area (Å²) in [5, 5.41) is 0. The highest BCUT2D eigenvalue weighted by molar-refractivity contribution is 9.10. The topological polar surface area (TPSA) is 62.7 Å². The Hall–Kier alpha value is -0.660. The number of pyridine rings is 1. The van der Waals surface area contributed by atoms with E-state index >= 15 is 0 Å². The van der Waals surface area contributed by atoms with Gasteiger partial charge >= 0.3 is 0 Å². The van der Waals surface area contributed by atoms with E-state index < -0.39 is 11.3 Å². The summed E-state index contributed by atoms with van der Waals surface area (Å²) >= 11 is 1.17. The molecule has 1 aromatic rings. The van der Waals surface area contributed by atoms with Crippen LogP contribution in [0.3, 0.4) is 0 Å². The summed E-state index contributed by atoms with van der Waals surface area (Å²) in [5.41, 5.74) is 0.497. The van der Waals surface area contributed by atoms with Gasteiger partial charge in [-0.15, -0.1) is 0 Å². The first-order valence-electron chi connectivity index (χ1n) is 5.16. The molecule has 1 N–H and O–H groups in total. The summed E-state index contributed by atoms with van der Waals surface area (Å²) in [5.74, 6) is 0.354. The Morgan fingerprint density at radius 1 is 1.65 bits per heavy atom. The van der Waals surface area contributed by atoms with Crippen molar-refractivity contribution >= 4 is 32.9 Å². The van der Waals surface area contributed by atoms with Crippen molar-refractivity contribution in [2.75, 3.05) is 10.9 Å². The van der Waals surface area contributed by atoms with Crippen molar-refractivity contribution in [1.29, 1.82) is 0 Å². The van der Waals surface area contributed by atoms with Crippen LogP contribution in [-0.2, 0) is 11.3 Å². The first-order valence-corrected chi connectivity index (χ1v) is 7.01. The molecule has 5 nitrogen and oxygen atoms in total. The van der Waals surface area contributed by atoms with Crippen molar-refractivity contribution in [3.63, 3.8) is 0 Å². The standard InChI is InChI=1S/C10H15BrN2O3S/c1-4-16-10-9(5-8(11)6-12-10)13(7(2)3)17(14)15/h5-7H,4H2,1-3H3,(H,14,15). The summed E-state index contributed by atoms with van der Waals surface area (Å²) in [6.07, 6.45) is 1.59. The van der Waals surface area contributed by atoms with Crippen LogP contribution < -0.4 is 9.04 Å². The average Bonchev–Trinajstić information content (AvgIpc) is 2.21.